The number of amides is 3. The van der Waals surface area contributed by atoms with Gasteiger partial charge in [-0.05, 0) is 59.4 Å². The van der Waals surface area contributed by atoms with E-state index in [4.69, 9.17) is 9.47 Å². The summed E-state index contributed by atoms with van der Waals surface area (Å²) in [5, 5.41) is 18.7. The van der Waals surface area contributed by atoms with Crippen LogP contribution in [0.15, 0.2) is 30.3 Å². The molecule has 0 saturated carbocycles. The van der Waals surface area contributed by atoms with Gasteiger partial charge in [-0.3, -0.25) is 9.59 Å². The normalized spacial score (nSPS) is 15.1. The number of hydrogen-bond acceptors (Lipinski definition) is 6. The van der Waals surface area contributed by atoms with Crippen LogP contribution in [0.1, 0.15) is 67.4 Å². The summed E-state index contributed by atoms with van der Waals surface area (Å²) >= 11 is 0. The molecule has 0 radical (unpaired) electrons. The first-order valence-corrected chi connectivity index (χ1v) is 12.6. The molecule has 0 unspecified atom stereocenters. The van der Waals surface area contributed by atoms with Crippen LogP contribution in [0.5, 0.6) is 0 Å². The van der Waals surface area contributed by atoms with Gasteiger partial charge in [0.1, 0.15) is 17.7 Å². The smallest absolute Gasteiger partial charge is 0.408 e. The first kappa shape index (κ1) is 31.4. The van der Waals surface area contributed by atoms with E-state index in [1.165, 1.54) is 0 Å². The number of nitrogens with one attached hydrogen (secondary N) is 3. The van der Waals surface area contributed by atoms with Gasteiger partial charge in [-0.25, -0.2) is 4.79 Å². The molecule has 0 bridgehead atoms. The molecule has 4 atom stereocenters. The number of hydrogen-bond donors (Lipinski definition) is 4. The van der Waals surface area contributed by atoms with Gasteiger partial charge in [0.15, 0.2) is 0 Å². The minimum absolute atomic E-state index is 0.0488. The predicted octanol–water partition coefficient (Wildman–Crippen LogP) is 2.94. The first-order chi connectivity index (χ1) is 16.7. The standard InChI is InChI=1S/C27H45N3O6/c1-17(2)14-21(23(31)16-35-18(3)4)29-24(32)19(5)28-25(33)22(15-20-12-10-9-11-13-20)30-26(34)36-27(6,7)8/h9-13,17-19,21-23,31H,14-16H2,1-8H3,(H,28,33)(H,29,32)(H,30,34)/t19-,21+,22-,23+/m0/s1. The molecule has 0 aliphatic heterocycles. The molecule has 204 valence electrons. The van der Waals surface area contributed by atoms with Crippen LogP contribution in [-0.4, -0.2) is 65.6 Å². The molecule has 1 aromatic rings. The van der Waals surface area contributed by atoms with Gasteiger partial charge in [0.25, 0.3) is 0 Å². The summed E-state index contributed by atoms with van der Waals surface area (Å²) in [5.41, 5.74) is 0.118. The topological polar surface area (TPSA) is 126 Å². The number of alkyl carbamates (subject to hydrolysis) is 1. The molecule has 3 amide bonds. The summed E-state index contributed by atoms with van der Waals surface area (Å²) in [4.78, 5) is 38.4. The molecular weight excluding hydrogens is 462 g/mol. The fourth-order valence-corrected chi connectivity index (χ4v) is 3.42. The third-order valence-corrected chi connectivity index (χ3v) is 5.16. The van der Waals surface area contributed by atoms with E-state index in [0.717, 1.165) is 5.56 Å². The Bertz CT molecular complexity index is 823. The monoisotopic (exact) mass is 507 g/mol. The average molecular weight is 508 g/mol. The molecular formula is C27H45N3O6. The molecule has 0 heterocycles. The predicted molar refractivity (Wildman–Crippen MR) is 139 cm³/mol. The van der Waals surface area contributed by atoms with Crippen molar-refractivity contribution in [2.45, 2.75) is 104 Å². The second-order valence-electron chi connectivity index (χ2n) is 10.8. The van der Waals surface area contributed by atoms with Crippen LogP contribution in [0.3, 0.4) is 0 Å². The summed E-state index contributed by atoms with van der Waals surface area (Å²) in [6.07, 6.45) is -0.887. The summed E-state index contributed by atoms with van der Waals surface area (Å²) in [5.74, 6) is -0.730. The lowest BCUT2D eigenvalue weighted by atomic mass is 9.99. The Morgan fingerprint density at radius 2 is 1.53 bits per heavy atom. The third kappa shape index (κ3) is 12.9. The lowest BCUT2D eigenvalue weighted by Gasteiger charge is -2.28. The van der Waals surface area contributed by atoms with Crippen molar-refractivity contribution in [3.8, 4) is 0 Å². The summed E-state index contributed by atoms with van der Waals surface area (Å²) in [6.45, 7) is 14.6. The SMILES string of the molecule is CC(C)C[C@@H](NC(=O)[C@H](C)NC(=O)[C@H](Cc1ccccc1)NC(=O)OC(C)(C)C)[C@H](O)COC(C)C. The molecule has 0 saturated heterocycles. The largest absolute Gasteiger partial charge is 0.444 e. The van der Waals surface area contributed by atoms with E-state index in [9.17, 15) is 19.5 Å². The lowest BCUT2D eigenvalue weighted by Crippen LogP contribution is -2.56. The lowest BCUT2D eigenvalue weighted by molar-refractivity contribution is -0.130. The van der Waals surface area contributed by atoms with E-state index in [2.05, 4.69) is 16.0 Å². The Kier molecular flexibility index (Phi) is 12.9. The number of carbonyl (C=O) groups is 3. The summed E-state index contributed by atoms with van der Waals surface area (Å²) < 4.78 is 10.8. The molecule has 0 fully saturated rings. The molecule has 4 N–H and O–H groups in total. The average Bonchev–Trinajstić information content (AvgIpc) is 2.75. The Morgan fingerprint density at radius 1 is 0.917 bits per heavy atom. The minimum atomic E-state index is -0.950. The van der Waals surface area contributed by atoms with Crippen molar-refractivity contribution in [1.29, 1.82) is 0 Å². The number of carbonyl (C=O) groups excluding carboxylic acids is 3. The fraction of sp³-hybridized carbons (Fsp3) is 0.667. The fourth-order valence-electron chi connectivity index (χ4n) is 3.42. The van der Waals surface area contributed by atoms with Crippen molar-refractivity contribution in [3.63, 3.8) is 0 Å². The molecule has 9 nitrogen and oxygen atoms in total. The summed E-state index contributed by atoms with van der Waals surface area (Å²) in [6, 6.07) is 6.87. The van der Waals surface area contributed by atoms with E-state index < -0.39 is 47.7 Å². The van der Waals surface area contributed by atoms with Gasteiger partial charge in [0.2, 0.25) is 11.8 Å². The van der Waals surface area contributed by atoms with Crippen molar-refractivity contribution >= 4 is 17.9 Å². The van der Waals surface area contributed by atoms with Crippen LogP contribution in [0, 0.1) is 5.92 Å². The van der Waals surface area contributed by atoms with Gasteiger partial charge in [0, 0.05) is 6.42 Å². The maximum Gasteiger partial charge on any atom is 0.408 e. The van der Waals surface area contributed by atoms with Crippen LogP contribution in [0.25, 0.3) is 0 Å². The van der Waals surface area contributed by atoms with Crippen LogP contribution in [0.2, 0.25) is 0 Å². The highest BCUT2D eigenvalue weighted by atomic mass is 16.6. The first-order valence-electron chi connectivity index (χ1n) is 12.6. The van der Waals surface area contributed by atoms with E-state index >= 15 is 0 Å². The zero-order valence-electron chi connectivity index (χ0n) is 23.0. The molecule has 0 aliphatic rings. The van der Waals surface area contributed by atoms with Gasteiger partial charge in [-0.2, -0.15) is 0 Å². The zero-order valence-corrected chi connectivity index (χ0v) is 23.0. The molecule has 9 heteroatoms. The Hall–Kier alpha value is -2.65. The molecule has 0 aromatic heterocycles. The van der Waals surface area contributed by atoms with E-state index in [0.29, 0.717) is 6.42 Å². The molecule has 1 aromatic carbocycles. The highest BCUT2D eigenvalue weighted by Gasteiger charge is 2.29. The van der Waals surface area contributed by atoms with Crippen molar-refractivity contribution in [3.05, 3.63) is 35.9 Å². The number of benzene rings is 1. The second kappa shape index (κ2) is 14.8. The van der Waals surface area contributed by atoms with E-state index in [1.807, 2.05) is 58.0 Å². The highest BCUT2D eigenvalue weighted by molar-refractivity contribution is 5.91. The number of aliphatic hydroxyl groups excluding tert-OH is 1. The number of aliphatic hydroxyl groups is 1. The van der Waals surface area contributed by atoms with Crippen LogP contribution in [-0.2, 0) is 25.5 Å². The van der Waals surface area contributed by atoms with E-state index in [1.54, 1.807) is 27.7 Å². The van der Waals surface area contributed by atoms with Gasteiger partial charge < -0.3 is 30.5 Å². The Labute approximate surface area is 215 Å². The van der Waals surface area contributed by atoms with Gasteiger partial charge in [0.05, 0.1) is 24.9 Å². The Morgan fingerprint density at radius 3 is 2.06 bits per heavy atom. The minimum Gasteiger partial charge on any atom is -0.444 e. The molecule has 0 spiro atoms. The molecule has 0 aliphatic carbocycles. The quantitative estimate of drug-likeness (QED) is 0.325. The van der Waals surface area contributed by atoms with E-state index in [-0.39, 0.29) is 25.0 Å². The maximum absolute atomic E-state index is 13.1. The van der Waals surface area contributed by atoms with Crippen molar-refractivity contribution < 1.29 is 29.0 Å². The van der Waals surface area contributed by atoms with Gasteiger partial charge in [-0.1, -0.05) is 44.2 Å². The number of ether oxygens (including phenoxy) is 2. The zero-order chi connectivity index (χ0) is 27.5. The van der Waals surface area contributed by atoms with Crippen LogP contribution in [0.4, 0.5) is 4.79 Å². The van der Waals surface area contributed by atoms with Crippen molar-refractivity contribution in [2.75, 3.05) is 6.61 Å². The Balaban J connectivity index is 2.89. The van der Waals surface area contributed by atoms with Crippen molar-refractivity contribution in [2.24, 2.45) is 5.92 Å². The third-order valence-electron chi connectivity index (χ3n) is 5.16. The summed E-state index contributed by atoms with van der Waals surface area (Å²) in [7, 11) is 0. The maximum atomic E-state index is 13.1. The second-order valence-corrected chi connectivity index (χ2v) is 10.8. The van der Waals surface area contributed by atoms with Crippen LogP contribution >= 0.6 is 0 Å². The number of rotatable bonds is 13. The van der Waals surface area contributed by atoms with Gasteiger partial charge in [-0.15, -0.1) is 0 Å². The van der Waals surface area contributed by atoms with Crippen LogP contribution < -0.4 is 16.0 Å². The molecule has 1 rings (SSSR count). The highest BCUT2D eigenvalue weighted by Crippen LogP contribution is 2.11. The van der Waals surface area contributed by atoms with Gasteiger partial charge >= 0.3 is 6.09 Å². The van der Waals surface area contributed by atoms with Crippen molar-refractivity contribution in [1.82, 2.24) is 16.0 Å². The molecule has 36 heavy (non-hydrogen) atoms.